The SMILES string of the molecule is CC(=O)c1cc(F)c(C)cc1OCCN1CCCC1. The minimum Gasteiger partial charge on any atom is -0.491 e. The number of benzene rings is 1. The Morgan fingerprint density at radius 2 is 2.05 bits per heavy atom. The normalized spacial score (nSPS) is 15.7. The van der Waals surface area contributed by atoms with Crippen LogP contribution < -0.4 is 4.74 Å². The smallest absolute Gasteiger partial charge is 0.163 e. The van der Waals surface area contributed by atoms with Crippen LogP contribution in [0, 0.1) is 12.7 Å². The van der Waals surface area contributed by atoms with Gasteiger partial charge in [-0.1, -0.05) is 0 Å². The number of carbonyl (C=O) groups is 1. The summed E-state index contributed by atoms with van der Waals surface area (Å²) in [7, 11) is 0. The van der Waals surface area contributed by atoms with Crippen molar-refractivity contribution in [3.63, 3.8) is 0 Å². The lowest BCUT2D eigenvalue weighted by Gasteiger charge is -2.16. The highest BCUT2D eigenvalue weighted by Crippen LogP contribution is 2.23. The Hall–Kier alpha value is -1.42. The van der Waals surface area contributed by atoms with Crippen molar-refractivity contribution >= 4 is 5.78 Å². The highest BCUT2D eigenvalue weighted by atomic mass is 19.1. The van der Waals surface area contributed by atoms with E-state index < -0.39 is 0 Å². The number of Topliss-reactive ketones (excluding diaryl/α,β-unsaturated/α-hetero) is 1. The second-order valence-electron chi connectivity index (χ2n) is 5.05. The van der Waals surface area contributed by atoms with Crippen molar-refractivity contribution in [2.24, 2.45) is 0 Å². The van der Waals surface area contributed by atoms with Gasteiger partial charge in [0.1, 0.15) is 18.2 Å². The van der Waals surface area contributed by atoms with Gasteiger partial charge in [-0.2, -0.15) is 0 Å². The van der Waals surface area contributed by atoms with Gasteiger partial charge in [0.2, 0.25) is 0 Å². The first-order valence-electron chi connectivity index (χ1n) is 6.74. The fourth-order valence-corrected chi connectivity index (χ4v) is 2.34. The summed E-state index contributed by atoms with van der Waals surface area (Å²) in [6.45, 7) is 6.72. The fourth-order valence-electron chi connectivity index (χ4n) is 2.34. The Morgan fingerprint density at radius 1 is 1.37 bits per heavy atom. The van der Waals surface area contributed by atoms with E-state index in [1.54, 1.807) is 13.0 Å². The van der Waals surface area contributed by atoms with Crippen LogP contribution in [0.25, 0.3) is 0 Å². The number of aryl methyl sites for hydroxylation is 1. The van der Waals surface area contributed by atoms with E-state index in [9.17, 15) is 9.18 Å². The summed E-state index contributed by atoms with van der Waals surface area (Å²) < 4.78 is 19.1. The summed E-state index contributed by atoms with van der Waals surface area (Å²) >= 11 is 0. The summed E-state index contributed by atoms with van der Waals surface area (Å²) in [6.07, 6.45) is 2.49. The van der Waals surface area contributed by atoms with Gasteiger partial charge < -0.3 is 4.74 Å². The van der Waals surface area contributed by atoms with Gasteiger partial charge in [0.05, 0.1) is 5.56 Å². The molecule has 1 fully saturated rings. The van der Waals surface area contributed by atoms with E-state index in [0.29, 0.717) is 23.5 Å². The minimum atomic E-state index is -0.364. The van der Waals surface area contributed by atoms with Crippen molar-refractivity contribution < 1.29 is 13.9 Å². The molecule has 1 saturated heterocycles. The van der Waals surface area contributed by atoms with Crippen LogP contribution >= 0.6 is 0 Å². The van der Waals surface area contributed by atoms with Crippen molar-refractivity contribution in [1.82, 2.24) is 4.90 Å². The number of ketones is 1. The molecule has 2 rings (SSSR count). The Balaban J connectivity index is 2.01. The van der Waals surface area contributed by atoms with E-state index in [4.69, 9.17) is 4.74 Å². The average molecular weight is 265 g/mol. The predicted molar refractivity (Wildman–Crippen MR) is 72.3 cm³/mol. The van der Waals surface area contributed by atoms with Crippen LogP contribution in [-0.4, -0.2) is 36.9 Å². The number of carbonyl (C=O) groups excluding carboxylic acids is 1. The zero-order valence-electron chi connectivity index (χ0n) is 11.5. The summed E-state index contributed by atoms with van der Waals surface area (Å²) in [4.78, 5) is 13.8. The molecular weight excluding hydrogens is 245 g/mol. The molecule has 0 saturated carbocycles. The number of hydrogen-bond donors (Lipinski definition) is 0. The first-order chi connectivity index (χ1) is 9.08. The molecule has 0 atom stereocenters. The molecule has 3 nitrogen and oxygen atoms in total. The largest absolute Gasteiger partial charge is 0.491 e. The quantitative estimate of drug-likeness (QED) is 0.767. The fraction of sp³-hybridized carbons (Fsp3) is 0.533. The third-order valence-corrected chi connectivity index (χ3v) is 3.50. The highest BCUT2D eigenvalue weighted by Gasteiger charge is 2.14. The van der Waals surface area contributed by atoms with E-state index in [0.717, 1.165) is 19.6 Å². The molecule has 0 aliphatic carbocycles. The molecule has 0 spiro atoms. The zero-order valence-corrected chi connectivity index (χ0v) is 11.5. The molecule has 0 N–H and O–H groups in total. The monoisotopic (exact) mass is 265 g/mol. The van der Waals surface area contributed by atoms with Crippen molar-refractivity contribution in [2.75, 3.05) is 26.2 Å². The Labute approximate surface area is 113 Å². The van der Waals surface area contributed by atoms with E-state index in [-0.39, 0.29) is 11.6 Å². The number of hydrogen-bond acceptors (Lipinski definition) is 3. The molecule has 1 aromatic rings. The molecule has 1 aromatic carbocycles. The molecule has 0 radical (unpaired) electrons. The van der Waals surface area contributed by atoms with Crippen molar-refractivity contribution in [1.29, 1.82) is 0 Å². The highest BCUT2D eigenvalue weighted by molar-refractivity contribution is 5.96. The summed E-state index contributed by atoms with van der Waals surface area (Å²) in [5.41, 5.74) is 0.825. The van der Waals surface area contributed by atoms with Crippen LogP contribution in [0.4, 0.5) is 4.39 Å². The maximum Gasteiger partial charge on any atom is 0.163 e. The molecule has 0 amide bonds. The molecule has 1 aliphatic rings. The number of halogens is 1. The zero-order chi connectivity index (χ0) is 13.8. The lowest BCUT2D eigenvalue weighted by atomic mass is 10.1. The second kappa shape index (κ2) is 6.15. The van der Waals surface area contributed by atoms with Gasteiger partial charge in [-0.3, -0.25) is 9.69 Å². The second-order valence-corrected chi connectivity index (χ2v) is 5.05. The van der Waals surface area contributed by atoms with Crippen molar-refractivity contribution in [3.8, 4) is 5.75 Å². The molecule has 0 aromatic heterocycles. The van der Waals surface area contributed by atoms with Crippen molar-refractivity contribution in [3.05, 3.63) is 29.1 Å². The Morgan fingerprint density at radius 3 is 2.68 bits per heavy atom. The number of rotatable bonds is 5. The van der Waals surface area contributed by atoms with Gasteiger partial charge in [0.15, 0.2) is 5.78 Å². The summed E-state index contributed by atoms with van der Waals surface area (Å²) in [6, 6.07) is 2.87. The van der Waals surface area contributed by atoms with Gasteiger partial charge in [-0.25, -0.2) is 4.39 Å². The van der Waals surface area contributed by atoms with Gasteiger partial charge in [0.25, 0.3) is 0 Å². The van der Waals surface area contributed by atoms with Crippen LogP contribution in [0.5, 0.6) is 5.75 Å². The molecular formula is C15H20FNO2. The molecule has 4 heteroatoms. The first-order valence-corrected chi connectivity index (χ1v) is 6.74. The summed E-state index contributed by atoms with van der Waals surface area (Å²) in [5, 5.41) is 0. The standard InChI is InChI=1S/C15H20FNO2/c1-11-9-15(13(12(2)18)10-14(11)16)19-8-7-17-5-3-4-6-17/h9-10H,3-8H2,1-2H3. The van der Waals surface area contributed by atoms with Gasteiger partial charge in [-0.05, 0) is 57.5 Å². The van der Waals surface area contributed by atoms with Crippen LogP contribution in [0.15, 0.2) is 12.1 Å². The molecule has 1 heterocycles. The average Bonchev–Trinajstić information content (AvgIpc) is 2.86. The molecule has 1 aliphatic heterocycles. The molecule has 0 bridgehead atoms. The van der Waals surface area contributed by atoms with Gasteiger partial charge in [0, 0.05) is 6.54 Å². The lowest BCUT2D eigenvalue weighted by molar-refractivity contribution is 0.101. The predicted octanol–water partition coefficient (Wildman–Crippen LogP) is 2.81. The van der Waals surface area contributed by atoms with E-state index in [2.05, 4.69) is 4.90 Å². The Kier molecular flexibility index (Phi) is 4.53. The minimum absolute atomic E-state index is 0.171. The Bertz CT molecular complexity index is 467. The van der Waals surface area contributed by atoms with Crippen LogP contribution in [0.2, 0.25) is 0 Å². The third kappa shape index (κ3) is 3.53. The van der Waals surface area contributed by atoms with Crippen LogP contribution in [0.3, 0.4) is 0 Å². The topological polar surface area (TPSA) is 29.5 Å². The number of nitrogens with zero attached hydrogens (tertiary/aromatic N) is 1. The van der Waals surface area contributed by atoms with Gasteiger partial charge >= 0.3 is 0 Å². The van der Waals surface area contributed by atoms with E-state index in [1.165, 1.54) is 25.8 Å². The third-order valence-electron chi connectivity index (χ3n) is 3.50. The molecule has 19 heavy (non-hydrogen) atoms. The van der Waals surface area contributed by atoms with E-state index >= 15 is 0 Å². The van der Waals surface area contributed by atoms with Crippen LogP contribution in [-0.2, 0) is 0 Å². The van der Waals surface area contributed by atoms with Gasteiger partial charge in [-0.15, -0.1) is 0 Å². The van der Waals surface area contributed by atoms with E-state index in [1.807, 2.05) is 0 Å². The summed E-state index contributed by atoms with van der Waals surface area (Å²) in [5.74, 6) is -0.0437. The maximum atomic E-state index is 13.5. The van der Waals surface area contributed by atoms with Crippen LogP contribution in [0.1, 0.15) is 35.7 Å². The molecule has 104 valence electrons. The number of likely N-dealkylation sites (tertiary alicyclic amines) is 1. The van der Waals surface area contributed by atoms with Crippen molar-refractivity contribution in [2.45, 2.75) is 26.7 Å². The first kappa shape index (κ1) is 14.0. The number of ether oxygens (including phenoxy) is 1. The lowest BCUT2D eigenvalue weighted by Crippen LogP contribution is -2.25. The maximum absolute atomic E-state index is 13.5. The molecule has 0 unspecified atom stereocenters.